The summed E-state index contributed by atoms with van der Waals surface area (Å²) < 4.78 is 42.5. The number of hydrogen-bond acceptors (Lipinski definition) is 6. The van der Waals surface area contributed by atoms with E-state index in [0.717, 1.165) is 18.5 Å². The lowest BCUT2D eigenvalue weighted by Gasteiger charge is -2.49. The Bertz CT molecular complexity index is 1240. The van der Waals surface area contributed by atoms with Gasteiger partial charge in [-0.05, 0) is 37.5 Å². The van der Waals surface area contributed by atoms with Crippen LogP contribution in [0.15, 0.2) is 36.8 Å². The van der Waals surface area contributed by atoms with E-state index < -0.39 is 17.8 Å². The van der Waals surface area contributed by atoms with Crippen LogP contribution in [0.25, 0.3) is 17.3 Å². The van der Waals surface area contributed by atoms with Gasteiger partial charge < -0.3 is 4.90 Å². The van der Waals surface area contributed by atoms with Gasteiger partial charge in [0.25, 0.3) is 0 Å². The van der Waals surface area contributed by atoms with Crippen molar-refractivity contribution in [3.63, 3.8) is 0 Å². The maximum Gasteiger partial charge on any atom is 0.237 e. The van der Waals surface area contributed by atoms with Gasteiger partial charge in [0, 0.05) is 24.0 Å². The molecule has 3 heterocycles. The molecule has 170 valence electrons. The fourth-order valence-corrected chi connectivity index (χ4v) is 4.42. The van der Waals surface area contributed by atoms with E-state index in [1.165, 1.54) is 23.4 Å². The minimum absolute atomic E-state index is 0.117. The molecule has 1 aliphatic carbocycles. The van der Waals surface area contributed by atoms with Crippen LogP contribution >= 0.6 is 0 Å². The van der Waals surface area contributed by atoms with Crippen molar-refractivity contribution in [2.75, 3.05) is 9.80 Å². The quantitative estimate of drug-likeness (QED) is 0.447. The molecule has 0 radical (unpaired) electrons. The van der Waals surface area contributed by atoms with Crippen molar-refractivity contribution in [2.24, 2.45) is 0 Å². The molecular weight excluding hydrogens is 433 g/mol. The van der Waals surface area contributed by atoms with Crippen molar-refractivity contribution in [3.8, 4) is 17.3 Å². The number of nitrogens with zero attached hydrogens (tertiary/aromatic N) is 6. The summed E-state index contributed by atoms with van der Waals surface area (Å²) in [5, 5.41) is 16.4. The lowest BCUT2D eigenvalue weighted by atomic mass is 9.87. The van der Waals surface area contributed by atoms with Gasteiger partial charge >= 0.3 is 0 Å². The number of benzene rings is 1. The van der Waals surface area contributed by atoms with Crippen molar-refractivity contribution in [2.45, 2.75) is 44.4 Å². The van der Waals surface area contributed by atoms with Crippen molar-refractivity contribution >= 4 is 23.7 Å². The molecule has 1 unspecified atom stereocenters. The van der Waals surface area contributed by atoms with Gasteiger partial charge in [-0.3, -0.25) is 20.3 Å². The molecule has 1 atom stereocenters. The van der Waals surface area contributed by atoms with E-state index in [4.69, 9.17) is 15.8 Å². The predicted octanol–water partition coefficient (Wildman–Crippen LogP) is 4.10. The van der Waals surface area contributed by atoms with Crippen molar-refractivity contribution < 1.29 is 13.2 Å². The van der Waals surface area contributed by atoms with Crippen molar-refractivity contribution in [1.82, 2.24) is 19.5 Å². The number of rotatable bonds is 5. The smallest absolute Gasteiger partial charge is 0.237 e. The number of hydrogen-bond donors (Lipinski definition) is 2. The summed E-state index contributed by atoms with van der Waals surface area (Å²) in [6, 6.07) is 3.02. The lowest BCUT2D eigenvalue weighted by molar-refractivity contribution is 0.170. The Morgan fingerprint density at radius 1 is 1.18 bits per heavy atom. The number of amidine groups is 1. The second-order valence-electron chi connectivity index (χ2n) is 8.07. The fraction of sp³-hybridized carbons (Fsp3) is 0.318. The number of fused-ring (bicyclic) bond motifs is 1. The summed E-state index contributed by atoms with van der Waals surface area (Å²) in [7, 11) is 0. The summed E-state index contributed by atoms with van der Waals surface area (Å²) in [6.07, 6.45) is 6.06. The van der Waals surface area contributed by atoms with Gasteiger partial charge in [-0.15, -0.1) is 0 Å². The van der Waals surface area contributed by atoms with E-state index >= 15 is 0 Å². The molecule has 0 amide bonds. The Balaban J connectivity index is 1.63. The van der Waals surface area contributed by atoms with E-state index in [2.05, 4.69) is 9.97 Å². The molecule has 33 heavy (non-hydrogen) atoms. The highest BCUT2D eigenvalue weighted by Crippen LogP contribution is 2.41. The number of alkyl halides is 1. The first-order valence-electron chi connectivity index (χ1n) is 10.6. The molecule has 1 saturated carbocycles. The molecule has 2 aliphatic rings. The van der Waals surface area contributed by atoms with Gasteiger partial charge in [-0.2, -0.15) is 4.98 Å². The minimum Gasteiger partial charge on any atom is -0.341 e. The Hall–Kier alpha value is -3.76. The van der Waals surface area contributed by atoms with Crippen LogP contribution in [0.2, 0.25) is 0 Å². The second-order valence-corrected chi connectivity index (χ2v) is 8.07. The summed E-state index contributed by atoms with van der Waals surface area (Å²) in [6.45, 7) is 1.93. The molecule has 0 spiro atoms. The Morgan fingerprint density at radius 3 is 2.64 bits per heavy atom. The monoisotopic (exact) mass is 454 g/mol. The summed E-state index contributed by atoms with van der Waals surface area (Å²) in [4.78, 5) is 16.8. The van der Waals surface area contributed by atoms with E-state index in [1.54, 1.807) is 10.8 Å². The molecule has 1 aromatic carbocycles. The molecule has 1 fully saturated rings. The Morgan fingerprint density at radius 2 is 1.97 bits per heavy atom. The molecule has 2 aromatic heterocycles. The van der Waals surface area contributed by atoms with Crippen molar-refractivity contribution in [1.29, 1.82) is 10.8 Å². The fourth-order valence-electron chi connectivity index (χ4n) is 4.42. The first kappa shape index (κ1) is 21.1. The van der Waals surface area contributed by atoms with Crippen LogP contribution in [0.1, 0.15) is 26.2 Å². The van der Waals surface area contributed by atoms with Gasteiger partial charge in [0.05, 0.1) is 18.6 Å². The molecular formula is C22H21F3N8. The minimum atomic E-state index is -0.990. The highest BCUT2D eigenvalue weighted by Gasteiger charge is 2.44. The zero-order chi connectivity index (χ0) is 23.3. The third kappa shape index (κ3) is 3.35. The standard InChI is InChI=1S/C22H21F3N8/c1-2-17-19(27)32(11-26)18-10-29-22(30-21(18)33(17)14-8-13(23)9-14)31-6-5-28-20(31)12-3-4-15(24)16(25)7-12/h3-7,10-11,13-14,17,26-27H,2,8-9H2,1H3. The van der Waals surface area contributed by atoms with Gasteiger partial charge in [-0.1, -0.05) is 6.92 Å². The number of nitrogens with one attached hydrogen (secondary N) is 2. The van der Waals surface area contributed by atoms with Crippen LogP contribution in [0, 0.1) is 22.5 Å². The SMILES string of the molecule is CCC1C(=N)N(C=N)c2cnc(-n3ccnc3-c3ccc(F)c(F)c3)nc2N1C1CC(F)C1. The van der Waals surface area contributed by atoms with Gasteiger partial charge in [-0.25, -0.2) is 23.1 Å². The lowest BCUT2D eigenvalue weighted by Crippen LogP contribution is -2.59. The van der Waals surface area contributed by atoms with E-state index in [-0.39, 0.29) is 23.9 Å². The topological polar surface area (TPSA) is 97.8 Å². The van der Waals surface area contributed by atoms with Gasteiger partial charge in [0.2, 0.25) is 5.95 Å². The van der Waals surface area contributed by atoms with Gasteiger partial charge in [0.1, 0.15) is 23.5 Å². The number of imidazole rings is 1. The Kier molecular flexibility index (Phi) is 5.10. The third-order valence-corrected chi connectivity index (χ3v) is 6.15. The Labute approximate surface area is 187 Å². The number of anilines is 2. The summed E-state index contributed by atoms with van der Waals surface area (Å²) >= 11 is 0. The predicted molar refractivity (Wildman–Crippen MR) is 118 cm³/mol. The summed E-state index contributed by atoms with van der Waals surface area (Å²) in [5.41, 5.74) is 0.811. The maximum atomic E-state index is 13.8. The van der Waals surface area contributed by atoms with Crippen molar-refractivity contribution in [3.05, 3.63) is 48.4 Å². The molecule has 0 saturated heterocycles. The maximum absolute atomic E-state index is 13.8. The number of aromatic nitrogens is 4. The summed E-state index contributed by atoms with van der Waals surface area (Å²) in [5.74, 6) is -0.676. The zero-order valence-electron chi connectivity index (χ0n) is 17.7. The number of halogens is 3. The van der Waals surface area contributed by atoms with Crippen LogP contribution in [-0.4, -0.2) is 49.9 Å². The molecule has 11 heteroatoms. The van der Waals surface area contributed by atoms with Crippen LogP contribution in [0.5, 0.6) is 0 Å². The van der Waals surface area contributed by atoms with Crippen LogP contribution in [0.3, 0.4) is 0 Å². The van der Waals surface area contributed by atoms with E-state index in [0.29, 0.717) is 42.2 Å². The highest BCUT2D eigenvalue weighted by atomic mass is 19.2. The first-order chi connectivity index (χ1) is 15.9. The first-order valence-corrected chi connectivity index (χ1v) is 10.6. The molecule has 2 N–H and O–H groups in total. The van der Waals surface area contributed by atoms with Crippen LogP contribution in [-0.2, 0) is 0 Å². The van der Waals surface area contributed by atoms with E-state index in [1.807, 2.05) is 11.8 Å². The average molecular weight is 454 g/mol. The molecule has 5 rings (SSSR count). The van der Waals surface area contributed by atoms with E-state index in [9.17, 15) is 13.2 Å². The van der Waals surface area contributed by atoms with Crippen LogP contribution in [0.4, 0.5) is 24.7 Å². The third-order valence-electron chi connectivity index (χ3n) is 6.15. The average Bonchev–Trinajstić information content (AvgIpc) is 3.28. The zero-order valence-corrected chi connectivity index (χ0v) is 17.7. The normalized spacial score (nSPS) is 22.2. The largest absolute Gasteiger partial charge is 0.341 e. The molecule has 3 aromatic rings. The highest BCUT2D eigenvalue weighted by molar-refractivity contribution is 6.16. The van der Waals surface area contributed by atoms with Crippen LogP contribution < -0.4 is 9.80 Å². The molecule has 8 nitrogen and oxygen atoms in total. The molecule has 1 aliphatic heterocycles. The second kappa shape index (κ2) is 7.98. The molecule has 0 bridgehead atoms. The van der Waals surface area contributed by atoms with Gasteiger partial charge in [0.15, 0.2) is 17.5 Å².